The van der Waals surface area contributed by atoms with Crippen molar-refractivity contribution in [2.45, 2.75) is 19.4 Å². The number of Topliss-reactive ketones (excluding diaryl/α,β-unsaturated/α-hetero) is 1. The second-order valence-corrected chi connectivity index (χ2v) is 6.96. The van der Waals surface area contributed by atoms with Crippen LogP contribution in [0.15, 0.2) is 59.0 Å². The molecule has 0 saturated heterocycles. The van der Waals surface area contributed by atoms with Gasteiger partial charge in [0.25, 0.3) is 5.89 Å². The lowest BCUT2D eigenvalue weighted by atomic mass is 9.94. The van der Waals surface area contributed by atoms with E-state index in [2.05, 4.69) is 10.2 Å². The van der Waals surface area contributed by atoms with E-state index in [9.17, 15) is 9.90 Å². The molecule has 132 valence electrons. The molecule has 1 heterocycles. The number of rotatable bonds is 2. The van der Waals surface area contributed by atoms with Crippen molar-refractivity contribution in [2.24, 2.45) is 0 Å². The fraction of sp³-hybridized carbons (Fsp3) is 0.136. The molecule has 0 aliphatic heterocycles. The van der Waals surface area contributed by atoms with Crippen LogP contribution in [0, 0.1) is 13.8 Å². The molecule has 0 amide bonds. The fourth-order valence-electron chi connectivity index (χ4n) is 3.72. The summed E-state index contributed by atoms with van der Waals surface area (Å²) in [5, 5.41) is 21.1. The lowest BCUT2D eigenvalue weighted by Gasteiger charge is -2.17. The highest BCUT2D eigenvalue weighted by Crippen LogP contribution is 2.44. The van der Waals surface area contributed by atoms with Gasteiger partial charge in [0.1, 0.15) is 0 Å². The van der Waals surface area contributed by atoms with Gasteiger partial charge in [-0.05, 0) is 47.9 Å². The molecule has 0 radical (unpaired) electrons. The summed E-state index contributed by atoms with van der Waals surface area (Å²) in [4.78, 5) is 13.1. The number of carbonyl (C=O) groups is 1. The van der Waals surface area contributed by atoms with E-state index >= 15 is 0 Å². The van der Waals surface area contributed by atoms with Gasteiger partial charge in [-0.3, -0.25) is 4.79 Å². The van der Waals surface area contributed by atoms with Gasteiger partial charge in [-0.2, -0.15) is 0 Å². The maximum atomic E-state index is 13.1. The highest BCUT2D eigenvalue weighted by atomic mass is 16.4. The smallest absolute Gasteiger partial charge is 0.261 e. The minimum Gasteiger partial charge on any atom is -0.417 e. The standard InChI is InChI=1S/C22H16N2O3/c1-12-9-10-15(11-13(12)2)20-23-24-21(27-20)22(26)17-8-4-6-14-5-3-7-16(18(14)17)19(22)25/h3-11,26H,1-2H3. The quantitative estimate of drug-likeness (QED) is 0.589. The van der Waals surface area contributed by atoms with Crippen molar-refractivity contribution in [3.8, 4) is 11.5 Å². The lowest BCUT2D eigenvalue weighted by molar-refractivity contribution is 0.0405. The molecule has 1 aliphatic rings. The van der Waals surface area contributed by atoms with Crippen LogP contribution >= 0.6 is 0 Å². The first-order valence-electron chi connectivity index (χ1n) is 8.71. The monoisotopic (exact) mass is 356 g/mol. The topological polar surface area (TPSA) is 76.2 Å². The average Bonchev–Trinajstić information content (AvgIpc) is 3.25. The Kier molecular flexibility index (Phi) is 3.15. The second-order valence-electron chi connectivity index (χ2n) is 6.96. The first-order valence-corrected chi connectivity index (χ1v) is 8.71. The molecule has 1 aromatic heterocycles. The Bertz CT molecular complexity index is 1240. The normalized spacial score (nSPS) is 18.4. The highest BCUT2D eigenvalue weighted by molar-refractivity contribution is 6.20. The van der Waals surface area contributed by atoms with Crippen molar-refractivity contribution >= 4 is 16.6 Å². The van der Waals surface area contributed by atoms with Crippen LogP contribution in [-0.4, -0.2) is 21.1 Å². The van der Waals surface area contributed by atoms with E-state index in [-0.39, 0.29) is 11.8 Å². The summed E-state index contributed by atoms with van der Waals surface area (Å²) >= 11 is 0. The van der Waals surface area contributed by atoms with Gasteiger partial charge >= 0.3 is 0 Å². The average molecular weight is 356 g/mol. The minimum atomic E-state index is -1.96. The third kappa shape index (κ3) is 2.06. The Morgan fingerprint density at radius 1 is 0.963 bits per heavy atom. The number of hydrogen-bond acceptors (Lipinski definition) is 5. The summed E-state index contributed by atoms with van der Waals surface area (Å²) in [6.07, 6.45) is 0. The van der Waals surface area contributed by atoms with E-state index in [0.717, 1.165) is 27.5 Å². The molecule has 0 spiro atoms. The summed E-state index contributed by atoms with van der Waals surface area (Å²) in [7, 11) is 0. The largest absolute Gasteiger partial charge is 0.417 e. The van der Waals surface area contributed by atoms with E-state index in [1.165, 1.54) is 0 Å². The Morgan fingerprint density at radius 3 is 2.52 bits per heavy atom. The SMILES string of the molecule is Cc1ccc(-c2nnc(C3(O)C(=O)c4cccc5cccc3c45)o2)cc1C. The molecular weight excluding hydrogens is 340 g/mol. The number of aliphatic hydroxyl groups is 1. The molecule has 5 rings (SSSR count). The summed E-state index contributed by atoms with van der Waals surface area (Å²) in [5.41, 5.74) is 1.99. The summed E-state index contributed by atoms with van der Waals surface area (Å²) < 4.78 is 5.79. The van der Waals surface area contributed by atoms with Crippen molar-refractivity contribution in [1.29, 1.82) is 0 Å². The van der Waals surface area contributed by atoms with Crippen LogP contribution < -0.4 is 0 Å². The maximum Gasteiger partial charge on any atom is 0.261 e. The lowest BCUT2D eigenvalue weighted by Crippen LogP contribution is -2.33. The zero-order valence-corrected chi connectivity index (χ0v) is 14.9. The van der Waals surface area contributed by atoms with Gasteiger partial charge in [0, 0.05) is 16.7 Å². The molecule has 5 nitrogen and oxygen atoms in total. The maximum absolute atomic E-state index is 13.1. The van der Waals surface area contributed by atoms with Crippen LogP contribution in [0.2, 0.25) is 0 Å². The molecule has 1 N–H and O–H groups in total. The zero-order valence-electron chi connectivity index (χ0n) is 14.9. The van der Waals surface area contributed by atoms with Crippen LogP contribution in [-0.2, 0) is 5.60 Å². The number of hydrogen-bond donors (Lipinski definition) is 1. The van der Waals surface area contributed by atoms with Crippen molar-refractivity contribution < 1.29 is 14.3 Å². The van der Waals surface area contributed by atoms with E-state index in [1.54, 1.807) is 18.2 Å². The Balaban J connectivity index is 1.68. The van der Waals surface area contributed by atoms with Gasteiger partial charge in [0.2, 0.25) is 17.3 Å². The first-order chi connectivity index (χ1) is 13.0. The summed E-state index contributed by atoms with van der Waals surface area (Å²) in [6, 6.07) is 16.7. The molecule has 0 saturated carbocycles. The number of nitrogens with zero attached hydrogens (tertiary/aromatic N) is 2. The molecule has 3 aromatic carbocycles. The van der Waals surface area contributed by atoms with Gasteiger partial charge in [-0.1, -0.05) is 42.5 Å². The van der Waals surface area contributed by atoms with Crippen molar-refractivity contribution in [3.63, 3.8) is 0 Å². The molecule has 0 bridgehead atoms. The number of carbonyl (C=O) groups excluding carboxylic acids is 1. The summed E-state index contributed by atoms with van der Waals surface area (Å²) in [6.45, 7) is 4.03. The van der Waals surface area contributed by atoms with E-state index in [1.807, 2.05) is 50.2 Å². The molecule has 1 atom stereocenters. The second kappa shape index (κ2) is 5.34. The predicted molar refractivity (Wildman–Crippen MR) is 100 cm³/mol. The molecule has 1 unspecified atom stereocenters. The number of ketones is 1. The van der Waals surface area contributed by atoms with Crippen LogP contribution in [0.1, 0.15) is 32.9 Å². The third-order valence-corrected chi connectivity index (χ3v) is 5.36. The molecule has 5 heteroatoms. The van der Waals surface area contributed by atoms with E-state index < -0.39 is 11.4 Å². The number of benzene rings is 3. The Labute approximate surface area is 155 Å². The van der Waals surface area contributed by atoms with Crippen molar-refractivity contribution in [3.05, 3.63) is 82.7 Å². The molecular formula is C22H16N2O3. The highest BCUT2D eigenvalue weighted by Gasteiger charge is 2.51. The molecule has 27 heavy (non-hydrogen) atoms. The van der Waals surface area contributed by atoms with Crippen LogP contribution in [0.4, 0.5) is 0 Å². The van der Waals surface area contributed by atoms with Gasteiger partial charge in [0.15, 0.2) is 0 Å². The molecule has 0 fully saturated rings. The van der Waals surface area contributed by atoms with Gasteiger partial charge in [0.05, 0.1) is 0 Å². The van der Waals surface area contributed by atoms with Crippen LogP contribution in [0.25, 0.3) is 22.2 Å². The molecule has 1 aliphatic carbocycles. The van der Waals surface area contributed by atoms with Crippen molar-refractivity contribution in [1.82, 2.24) is 10.2 Å². The first kappa shape index (κ1) is 15.9. The third-order valence-electron chi connectivity index (χ3n) is 5.36. The van der Waals surface area contributed by atoms with Gasteiger partial charge < -0.3 is 9.52 Å². The fourth-order valence-corrected chi connectivity index (χ4v) is 3.72. The number of aryl methyl sites for hydroxylation is 2. The Hall–Kier alpha value is -3.31. The van der Waals surface area contributed by atoms with Gasteiger partial charge in [-0.15, -0.1) is 10.2 Å². The zero-order chi connectivity index (χ0) is 18.8. The minimum absolute atomic E-state index is 0.107. The van der Waals surface area contributed by atoms with Crippen LogP contribution in [0.5, 0.6) is 0 Å². The summed E-state index contributed by atoms with van der Waals surface area (Å²) in [5.74, 6) is -0.272. The van der Waals surface area contributed by atoms with Crippen LogP contribution in [0.3, 0.4) is 0 Å². The van der Waals surface area contributed by atoms with E-state index in [4.69, 9.17) is 4.42 Å². The van der Waals surface area contributed by atoms with E-state index in [0.29, 0.717) is 11.1 Å². The Morgan fingerprint density at radius 2 is 1.74 bits per heavy atom. The predicted octanol–water partition coefficient (Wildman–Crippen LogP) is 3.94. The van der Waals surface area contributed by atoms with Gasteiger partial charge in [-0.25, -0.2) is 0 Å². The molecule has 4 aromatic rings. The van der Waals surface area contributed by atoms with Crippen molar-refractivity contribution in [2.75, 3.05) is 0 Å². The number of aromatic nitrogens is 2.